The molecule has 2 aromatic rings. The second-order valence-corrected chi connectivity index (χ2v) is 9.57. The van der Waals surface area contributed by atoms with Crippen molar-refractivity contribution in [3.8, 4) is 5.75 Å². The maximum atomic E-state index is 12.5. The van der Waals surface area contributed by atoms with E-state index in [0.29, 0.717) is 17.0 Å². The Hall–Kier alpha value is -2.38. The van der Waals surface area contributed by atoms with Crippen LogP contribution >= 0.6 is 0 Å². The molecule has 0 aliphatic heterocycles. The first-order valence-electron chi connectivity index (χ1n) is 9.06. The van der Waals surface area contributed by atoms with Crippen LogP contribution in [0.2, 0.25) is 0 Å². The fraction of sp³-hybridized carbons (Fsp3) is 0.381. The number of aryl methyl sites for hydroxylation is 1. The van der Waals surface area contributed by atoms with Gasteiger partial charge in [0, 0.05) is 5.69 Å². The average molecular weight is 405 g/mol. The highest BCUT2D eigenvalue weighted by Gasteiger charge is 2.19. The molecule has 7 heteroatoms. The lowest BCUT2D eigenvalue weighted by molar-refractivity contribution is -0.122. The van der Waals surface area contributed by atoms with Gasteiger partial charge in [0.15, 0.2) is 6.10 Å². The van der Waals surface area contributed by atoms with E-state index >= 15 is 0 Å². The van der Waals surface area contributed by atoms with Gasteiger partial charge in [-0.25, -0.2) is 13.1 Å². The summed E-state index contributed by atoms with van der Waals surface area (Å²) in [6.45, 7) is 9.73. The molecule has 0 spiro atoms. The molecule has 28 heavy (non-hydrogen) atoms. The number of nitrogens with one attached hydrogen (secondary N) is 2. The predicted molar refractivity (Wildman–Crippen MR) is 111 cm³/mol. The van der Waals surface area contributed by atoms with Crippen LogP contribution in [0.4, 0.5) is 5.69 Å². The van der Waals surface area contributed by atoms with E-state index in [0.717, 1.165) is 0 Å². The van der Waals surface area contributed by atoms with E-state index in [1.165, 1.54) is 18.7 Å². The third kappa shape index (κ3) is 5.33. The zero-order valence-corrected chi connectivity index (χ0v) is 18.0. The first-order chi connectivity index (χ1) is 12.9. The zero-order valence-electron chi connectivity index (χ0n) is 17.2. The van der Waals surface area contributed by atoms with Gasteiger partial charge >= 0.3 is 0 Å². The maximum absolute atomic E-state index is 12.5. The van der Waals surface area contributed by atoms with Crippen molar-refractivity contribution in [1.82, 2.24) is 4.72 Å². The van der Waals surface area contributed by atoms with Crippen LogP contribution in [0, 0.1) is 6.92 Å². The van der Waals surface area contributed by atoms with Crippen LogP contribution in [0.5, 0.6) is 5.75 Å². The van der Waals surface area contributed by atoms with Gasteiger partial charge in [0.25, 0.3) is 5.91 Å². The fourth-order valence-corrected chi connectivity index (χ4v) is 3.61. The van der Waals surface area contributed by atoms with E-state index < -0.39 is 16.1 Å². The molecule has 0 aliphatic carbocycles. The number of sulfonamides is 1. The summed E-state index contributed by atoms with van der Waals surface area (Å²) in [4.78, 5) is 12.6. The van der Waals surface area contributed by atoms with Crippen LogP contribution in [-0.2, 0) is 20.2 Å². The molecule has 0 unspecified atom stereocenters. The molecular formula is C21H28N2O4S. The lowest BCUT2D eigenvalue weighted by Crippen LogP contribution is -2.30. The van der Waals surface area contributed by atoms with Crippen molar-refractivity contribution in [2.24, 2.45) is 0 Å². The van der Waals surface area contributed by atoms with Crippen molar-refractivity contribution in [3.63, 3.8) is 0 Å². The zero-order chi connectivity index (χ0) is 21.1. The van der Waals surface area contributed by atoms with Gasteiger partial charge in [-0.05, 0) is 61.7 Å². The van der Waals surface area contributed by atoms with Gasteiger partial charge in [0.05, 0.1) is 4.90 Å². The van der Waals surface area contributed by atoms with Gasteiger partial charge in [0.1, 0.15) is 5.75 Å². The molecule has 0 bridgehead atoms. The minimum Gasteiger partial charge on any atom is -0.481 e. The Morgan fingerprint density at radius 3 is 2.21 bits per heavy atom. The average Bonchev–Trinajstić information content (AvgIpc) is 2.62. The number of carbonyl (C=O) groups is 1. The Bertz CT molecular complexity index is 945. The minimum absolute atomic E-state index is 0.0400. The molecule has 0 heterocycles. The summed E-state index contributed by atoms with van der Waals surface area (Å²) in [5.41, 5.74) is 2.20. The van der Waals surface area contributed by atoms with E-state index in [4.69, 9.17) is 4.74 Å². The van der Waals surface area contributed by atoms with Crippen LogP contribution in [-0.4, -0.2) is 27.5 Å². The van der Waals surface area contributed by atoms with Crippen molar-refractivity contribution in [1.29, 1.82) is 0 Å². The van der Waals surface area contributed by atoms with Crippen LogP contribution in [0.15, 0.2) is 47.4 Å². The molecule has 1 amide bonds. The van der Waals surface area contributed by atoms with Crippen LogP contribution < -0.4 is 14.8 Å². The summed E-state index contributed by atoms with van der Waals surface area (Å²) in [6, 6.07) is 12.4. The fourth-order valence-electron chi connectivity index (χ4n) is 2.61. The molecule has 0 saturated carbocycles. The first-order valence-corrected chi connectivity index (χ1v) is 10.5. The van der Waals surface area contributed by atoms with E-state index in [9.17, 15) is 13.2 Å². The smallest absolute Gasteiger partial charge is 0.265 e. The van der Waals surface area contributed by atoms with Crippen molar-refractivity contribution in [2.45, 2.75) is 51.0 Å². The quantitative estimate of drug-likeness (QED) is 0.770. The van der Waals surface area contributed by atoms with Crippen LogP contribution in [0.25, 0.3) is 0 Å². The van der Waals surface area contributed by atoms with Gasteiger partial charge in [-0.3, -0.25) is 4.79 Å². The number of amides is 1. The number of hydrogen-bond donors (Lipinski definition) is 2. The van der Waals surface area contributed by atoms with Gasteiger partial charge < -0.3 is 10.1 Å². The Balaban J connectivity index is 2.09. The molecule has 0 aliphatic rings. The maximum Gasteiger partial charge on any atom is 0.265 e. The number of rotatable bonds is 6. The van der Waals surface area contributed by atoms with E-state index in [-0.39, 0.29) is 16.2 Å². The van der Waals surface area contributed by atoms with Crippen LogP contribution in [0.3, 0.4) is 0 Å². The van der Waals surface area contributed by atoms with Gasteiger partial charge in [-0.15, -0.1) is 0 Å². The third-order valence-electron chi connectivity index (χ3n) is 4.42. The number of ether oxygens (including phenoxy) is 1. The number of hydrogen-bond acceptors (Lipinski definition) is 4. The standard InChI is InChI=1S/C21H28N2O4S/c1-14-7-10-17(13-19(14)28(25,26)22-6)23-20(24)15(2)27-18-11-8-16(9-12-18)21(3,4)5/h7-13,15,22H,1-6H3,(H,23,24)/t15-/m0/s1. The summed E-state index contributed by atoms with van der Waals surface area (Å²) in [5, 5.41) is 2.71. The van der Waals surface area contributed by atoms with Crippen molar-refractivity contribution in [2.75, 3.05) is 12.4 Å². The third-order valence-corrected chi connectivity index (χ3v) is 5.97. The molecule has 2 N–H and O–H groups in total. The number of anilines is 1. The summed E-state index contributed by atoms with van der Waals surface area (Å²) >= 11 is 0. The first kappa shape index (κ1) is 21.9. The Labute approximate surface area is 167 Å². The van der Waals surface area contributed by atoms with Crippen LogP contribution in [0.1, 0.15) is 38.8 Å². The number of benzene rings is 2. The molecule has 6 nitrogen and oxygen atoms in total. The molecule has 1 atom stereocenters. The Morgan fingerprint density at radius 2 is 1.68 bits per heavy atom. The van der Waals surface area contributed by atoms with E-state index in [1.807, 2.05) is 24.3 Å². The number of carbonyl (C=O) groups excluding carboxylic acids is 1. The predicted octanol–water partition coefficient (Wildman–Crippen LogP) is 3.61. The lowest BCUT2D eigenvalue weighted by Gasteiger charge is -2.20. The van der Waals surface area contributed by atoms with Gasteiger partial charge in [0.2, 0.25) is 10.0 Å². The molecule has 0 aromatic heterocycles. The summed E-state index contributed by atoms with van der Waals surface area (Å²) in [7, 11) is -2.26. The largest absolute Gasteiger partial charge is 0.481 e. The normalized spacial score (nSPS) is 13.1. The molecule has 2 rings (SSSR count). The summed E-state index contributed by atoms with van der Waals surface area (Å²) < 4.78 is 32.2. The highest BCUT2D eigenvalue weighted by Crippen LogP contribution is 2.25. The highest BCUT2D eigenvalue weighted by atomic mass is 32.2. The molecular weight excluding hydrogens is 376 g/mol. The van der Waals surface area contributed by atoms with Crippen molar-refractivity contribution < 1.29 is 17.9 Å². The lowest BCUT2D eigenvalue weighted by atomic mass is 9.87. The topological polar surface area (TPSA) is 84.5 Å². The second kappa shape index (κ2) is 8.32. The molecule has 152 valence electrons. The molecule has 2 aromatic carbocycles. The monoisotopic (exact) mass is 404 g/mol. The van der Waals surface area contributed by atoms with Gasteiger partial charge in [-0.2, -0.15) is 0 Å². The second-order valence-electron chi connectivity index (χ2n) is 7.71. The van der Waals surface area contributed by atoms with Gasteiger partial charge in [-0.1, -0.05) is 39.0 Å². The highest BCUT2D eigenvalue weighted by molar-refractivity contribution is 7.89. The summed E-state index contributed by atoms with van der Waals surface area (Å²) in [6.07, 6.45) is -0.744. The van der Waals surface area contributed by atoms with Crippen molar-refractivity contribution >= 4 is 21.6 Å². The molecule has 0 fully saturated rings. The minimum atomic E-state index is -3.60. The van der Waals surface area contributed by atoms with Crippen molar-refractivity contribution in [3.05, 3.63) is 53.6 Å². The Kier molecular flexibility index (Phi) is 6.52. The Morgan fingerprint density at radius 1 is 1.07 bits per heavy atom. The van der Waals surface area contributed by atoms with E-state index in [1.54, 1.807) is 26.0 Å². The summed E-state index contributed by atoms with van der Waals surface area (Å²) in [5.74, 6) is 0.231. The SMILES string of the molecule is CNS(=O)(=O)c1cc(NC(=O)[C@H](C)Oc2ccc(C(C)(C)C)cc2)ccc1C. The molecule has 0 radical (unpaired) electrons. The molecule has 0 saturated heterocycles. The van der Waals surface area contributed by atoms with E-state index in [2.05, 4.69) is 30.8 Å².